The molecule has 4 nitrogen and oxygen atoms in total. The van der Waals surface area contributed by atoms with Crippen molar-refractivity contribution in [2.75, 3.05) is 0 Å². The van der Waals surface area contributed by atoms with Crippen LogP contribution in [-0.4, -0.2) is 14.5 Å². The van der Waals surface area contributed by atoms with Crippen molar-refractivity contribution in [1.82, 2.24) is 14.5 Å². The number of benzene rings is 4. The second kappa shape index (κ2) is 9.26. The van der Waals surface area contributed by atoms with Gasteiger partial charge in [0.25, 0.3) is 0 Å². The van der Waals surface area contributed by atoms with E-state index in [4.69, 9.17) is 14.4 Å². The molecule has 3 aromatic heterocycles. The molecule has 0 bridgehead atoms. The third kappa shape index (κ3) is 3.77. The van der Waals surface area contributed by atoms with Crippen molar-refractivity contribution in [3.63, 3.8) is 0 Å². The first-order chi connectivity index (χ1) is 19.2. The van der Waals surface area contributed by atoms with Gasteiger partial charge in [-0.25, -0.2) is 9.97 Å². The predicted octanol–water partition coefficient (Wildman–Crippen LogP) is 9.29. The summed E-state index contributed by atoms with van der Waals surface area (Å²) in [5.74, 6) is 0.619. The lowest BCUT2D eigenvalue weighted by molar-refractivity contribution is 0.673. The van der Waals surface area contributed by atoms with Crippen molar-refractivity contribution in [3.05, 3.63) is 134 Å². The molecule has 7 rings (SSSR count). The van der Waals surface area contributed by atoms with Gasteiger partial charge in [-0.1, -0.05) is 97.6 Å². The SMILES string of the molecule is C=C/C=C\C=C(/C)c1cc(-c2ccccc2)nc(-n2c3ccccc3c3c4oc5ccccc5c4ccc32)n1. The zero-order valence-electron chi connectivity index (χ0n) is 21.5. The average molecular weight is 504 g/mol. The number of aromatic nitrogens is 3. The molecule has 0 aliphatic carbocycles. The average Bonchev–Trinajstić information content (AvgIpc) is 3.53. The molecule has 0 saturated heterocycles. The fraction of sp³-hybridized carbons (Fsp3) is 0.0286. The molecule has 39 heavy (non-hydrogen) atoms. The van der Waals surface area contributed by atoms with Crippen LogP contribution in [0.4, 0.5) is 0 Å². The molecular formula is C35H25N3O. The van der Waals surface area contributed by atoms with Crippen LogP contribution in [0.25, 0.3) is 66.5 Å². The third-order valence-corrected chi connectivity index (χ3v) is 7.16. The Labute approximate surface area is 225 Å². The van der Waals surface area contributed by atoms with Gasteiger partial charge in [-0.05, 0) is 42.8 Å². The zero-order chi connectivity index (χ0) is 26.3. The Hall–Kier alpha value is -5.22. The highest BCUT2D eigenvalue weighted by molar-refractivity contribution is 6.23. The second-order valence-electron chi connectivity index (χ2n) is 9.56. The maximum absolute atomic E-state index is 6.45. The molecule has 0 unspecified atom stereocenters. The van der Waals surface area contributed by atoms with Gasteiger partial charge in [-0.15, -0.1) is 0 Å². The van der Waals surface area contributed by atoms with Crippen LogP contribution in [0.1, 0.15) is 12.6 Å². The first-order valence-electron chi connectivity index (χ1n) is 13.0. The van der Waals surface area contributed by atoms with Gasteiger partial charge in [0.15, 0.2) is 0 Å². The van der Waals surface area contributed by atoms with E-state index in [1.807, 2.05) is 48.6 Å². The van der Waals surface area contributed by atoms with Gasteiger partial charge in [0, 0.05) is 21.7 Å². The van der Waals surface area contributed by atoms with Gasteiger partial charge in [-0.2, -0.15) is 0 Å². The van der Waals surface area contributed by atoms with Crippen LogP contribution < -0.4 is 0 Å². The Morgan fingerprint density at radius 3 is 2.38 bits per heavy atom. The van der Waals surface area contributed by atoms with Crippen molar-refractivity contribution in [2.45, 2.75) is 6.92 Å². The fourth-order valence-electron chi connectivity index (χ4n) is 5.31. The van der Waals surface area contributed by atoms with Crippen LogP contribution >= 0.6 is 0 Å². The zero-order valence-corrected chi connectivity index (χ0v) is 21.5. The Kier molecular flexibility index (Phi) is 5.45. The number of allylic oxidation sites excluding steroid dienone is 5. The topological polar surface area (TPSA) is 43.9 Å². The van der Waals surface area contributed by atoms with E-state index in [1.165, 1.54) is 0 Å². The Morgan fingerprint density at radius 1 is 0.769 bits per heavy atom. The van der Waals surface area contributed by atoms with E-state index in [1.54, 1.807) is 6.08 Å². The molecule has 0 aliphatic heterocycles. The summed E-state index contributed by atoms with van der Waals surface area (Å²) in [6, 6.07) is 33.2. The minimum Gasteiger partial charge on any atom is -0.455 e. The highest BCUT2D eigenvalue weighted by Crippen LogP contribution is 2.40. The highest BCUT2D eigenvalue weighted by Gasteiger charge is 2.20. The standard InChI is InChI=1S/C35H25N3O/c1-3-4-6-13-23(2)28-22-29(24-14-7-5-8-15-24)37-35(36-28)38-30-18-11-9-17-27(30)33-31(38)21-20-26-25-16-10-12-19-32(25)39-34(26)33/h3-22H,1H2,2H3/b6-4-,23-13+. The summed E-state index contributed by atoms with van der Waals surface area (Å²) in [6.07, 6.45) is 7.70. The number of furan rings is 1. The van der Waals surface area contributed by atoms with Gasteiger partial charge in [0.1, 0.15) is 11.2 Å². The van der Waals surface area contributed by atoms with Crippen LogP contribution in [0.2, 0.25) is 0 Å². The number of hydrogen-bond donors (Lipinski definition) is 0. The molecular weight excluding hydrogens is 478 g/mol. The molecule has 4 aromatic carbocycles. The molecule has 0 aliphatic rings. The lowest BCUT2D eigenvalue weighted by atomic mass is 10.1. The molecule has 0 spiro atoms. The number of hydrogen-bond acceptors (Lipinski definition) is 3. The Bertz CT molecular complexity index is 2090. The van der Waals surface area contributed by atoms with Gasteiger partial charge >= 0.3 is 0 Å². The minimum absolute atomic E-state index is 0.619. The van der Waals surface area contributed by atoms with Crippen LogP contribution in [0.3, 0.4) is 0 Å². The minimum atomic E-state index is 0.619. The lowest BCUT2D eigenvalue weighted by Gasteiger charge is -2.11. The first-order valence-corrected chi connectivity index (χ1v) is 13.0. The van der Waals surface area contributed by atoms with E-state index in [0.29, 0.717) is 5.95 Å². The fourth-order valence-corrected chi connectivity index (χ4v) is 5.31. The Morgan fingerprint density at radius 2 is 1.54 bits per heavy atom. The quantitative estimate of drug-likeness (QED) is 0.220. The summed E-state index contributed by atoms with van der Waals surface area (Å²) >= 11 is 0. The number of nitrogens with zero attached hydrogens (tertiary/aromatic N) is 3. The largest absolute Gasteiger partial charge is 0.455 e. The molecule has 0 saturated carbocycles. The van der Waals surface area contributed by atoms with E-state index in [9.17, 15) is 0 Å². The van der Waals surface area contributed by atoms with Gasteiger partial charge in [0.05, 0.1) is 27.8 Å². The van der Waals surface area contributed by atoms with Crippen LogP contribution in [0.5, 0.6) is 0 Å². The van der Waals surface area contributed by atoms with Crippen molar-refractivity contribution >= 4 is 49.3 Å². The van der Waals surface area contributed by atoms with E-state index in [0.717, 1.165) is 66.3 Å². The van der Waals surface area contributed by atoms with E-state index < -0.39 is 0 Å². The lowest BCUT2D eigenvalue weighted by Crippen LogP contribution is -2.04. The molecule has 0 N–H and O–H groups in total. The smallest absolute Gasteiger partial charge is 0.235 e. The molecule has 3 heterocycles. The molecule has 0 radical (unpaired) electrons. The van der Waals surface area contributed by atoms with E-state index in [-0.39, 0.29) is 0 Å². The molecule has 7 aromatic rings. The summed E-state index contributed by atoms with van der Waals surface area (Å²) in [6.45, 7) is 5.84. The van der Waals surface area contributed by atoms with E-state index >= 15 is 0 Å². The molecule has 0 fully saturated rings. The van der Waals surface area contributed by atoms with Crippen molar-refractivity contribution in [2.24, 2.45) is 0 Å². The second-order valence-corrected chi connectivity index (χ2v) is 9.56. The van der Waals surface area contributed by atoms with Gasteiger partial charge < -0.3 is 4.42 Å². The van der Waals surface area contributed by atoms with Gasteiger partial charge in [0.2, 0.25) is 5.95 Å². The predicted molar refractivity (Wildman–Crippen MR) is 162 cm³/mol. The van der Waals surface area contributed by atoms with Crippen LogP contribution in [-0.2, 0) is 0 Å². The first kappa shape index (κ1) is 22.9. The summed E-state index contributed by atoms with van der Waals surface area (Å²) in [5.41, 5.74) is 7.61. The normalized spacial score (nSPS) is 12.4. The summed E-state index contributed by atoms with van der Waals surface area (Å²) in [5, 5.41) is 4.39. The van der Waals surface area contributed by atoms with Crippen molar-refractivity contribution in [3.8, 4) is 17.2 Å². The van der Waals surface area contributed by atoms with Crippen molar-refractivity contribution in [1.29, 1.82) is 0 Å². The summed E-state index contributed by atoms with van der Waals surface area (Å²) in [4.78, 5) is 10.2. The Balaban J connectivity index is 1.56. The summed E-state index contributed by atoms with van der Waals surface area (Å²) < 4.78 is 8.61. The third-order valence-electron chi connectivity index (χ3n) is 7.16. The summed E-state index contributed by atoms with van der Waals surface area (Å²) in [7, 11) is 0. The number of fused-ring (bicyclic) bond motifs is 7. The van der Waals surface area contributed by atoms with Crippen molar-refractivity contribution < 1.29 is 4.42 Å². The van der Waals surface area contributed by atoms with Crippen LogP contribution in [0, 0.1) is 0 Å². The monoisotopic (exact) mass is 503 g/mol. The van der Waals surface area contributed by atoms with Crippen LogP contribution in [0.15, 0.2) is 132 Å². The van der Waals surface area contributed by atoms with Gasteiger partial charge in [-0.3, -0.25) is 4.57 Å². The molecule has 0 amide bonds. The maximum atomic E-state index is 6.45. The maximum Gasteiger partial charge on any atom is 0.235 e. The highest BCUT2D eigenvalue weighted by atomic mass is 16.3. The number of para-hydroxylation sites is 2. The molecule has 186 valence electrons. The molecule has 4 heteroatoms. The molecule has 0 atom stereocenters. The van der Waals surface area contributed by atoms with E-state index in [2.05, 4.69) is 84.8 Å². The number of rotatable bonds is 5.